The summed E-state index contributed by atoms with van der Waals surface area (Å²) < 4.78 is 0. The molecular formula is C17H23NS. The van der Waals surface area contributed by atoms with Crippen molar-refractivity contribution in [3.63, 3.8) is 0 Å². The van der Waals surface area contributed by atoms with Crippen LogP contribution in [0.2, 0.25) is 0 Å². The summed E-state index contributed by atoms with van der Waals surface area (Å²) in [5, 5.41) is 8.05. The maximum Gasteiger partial charge on any atom is 0.0108 e. The Labute approximate surface area is 120 Å². The second-order valence-corrected chi connectivity index (χ2v) is 5.75. The van der Waals surface area contributed by atoms with Gasteiger partial charge in [0.25, 0.3) is 0 Å². The fraction of sp³-hybridized carbons (Fsp3) is 0.412. The quantitative estimate of drug-likeness (QED) is 0.756. The lowest BCUT2D eigenvalue weighted by Crippen LogP contribution is -2.30. The summed E-state index contributed by atoms with van der Waals surface area (Å²) >= 11 is 1.79. The van der Waals surface area contributed by atoms with E-state index in [1.54, 1.807) is 11.3 Å². The third-order valence-electron chi connectivity index (χ3n) is 3.42. The maximum absolute atomic E-state index is 3.61. The van der Waals surface area contributed by atoms with Gasteiger partial charge in [0, 0.05) is 6.04 Å². The molecule has 1 unspecified atom stereocenters. The fourth-order valence-electron chi connectivity index (χ4n) is 2.46. The molecule has 1 aromatic heterocycles. The largest absolute Gasteiger partial charge is 0.314 e. The molecule has 102 valence electrons. The van der Waals surface area contributed by atoms with Gasteiger partial charge in [0.15, 0.2) is 0 Å². The van der Waals surface area contributed by atoms with E-state index < -0.39 is 0 Å². The van der Waals surface area contributed by atoms with Gasteiger partial charge in [-0.1, -0.05) is 37.3 Å². The van der Waals surface area contributed by atoms with Crippen LogP contribution in [0.4, 0.5) is 0 Å². The number of likely N-dealkylation sites (N-methyl/N-ethyl adjacent to an activating group) is 1. The first kappa shape index (κ1) is 14.3. The summed E-state index contributed by atoms with van der Waals surface area (Å²) in [5.41, 5.74) is 2.92. The van der Waals surface area contributed by atoms with E-state index >= 15 is 0 Å². The van der Waals surface area contributed by atoms with Crippen molar-refractivity contribution in [2.45, 2.75) is 38.6 Å². The molecule has 0 aliphatic rings. The van der Waals surface area contributed by atoms with Gasteiger partial charge in [0.2, 0.25) is 0 Å². The van der Waals surface area contributed by atoms with Crippen molar-refractivity contribution in [1.82, 2.24) is 5.32 Å². The van der Waals surface area contributed by atoms with Gasteiger partial charge < -0.3 is 5.32 Å². The van der Waals surface area contributed by atoms with Gasteiger partial charge in [0.1, 0.15) is 0 Å². The Bertz CT molecular complexity index is 436. The number of aryl methyl sites for hydroxylation is 1. The van der Waals surface area contributed by atoms with Crippen LogP contribution >= 0.6 is 11.3 Å². The van der Waals surface area contributed by atoms with Crippen molar-refractivity contribution >= 4 is 11.3 Å². The van der Waals surface area contributed by atoms with Crippen molar-refractivity contribution in [2.24, 2.45) is 0 Å². The second-order valence-electron chi connectivity index (χ2n) is 4.97. The monoisotopic (exact) mass is 273 g/mol. The average Bonchev–Trinajstić information content (AvgIpc) is 2.93. The molecule has 2 aromatic rings. The van der Waals surface area contributed by atoms with Crippen molar-refractivity contribution in [2.75, 3.05) is 6.54 Å². The van der Waals surface area contributed by atoms with E-state index in [1.807, 2.05) is 0 Å². The fourth-order valence-corrected chi connectivity index (χ4v) is 3.14. The van der Waals surface area contributed by atoms with Gasteiger partial charge in [-0.05, 0) is 60.2 Å². The van der Waals surface area contributed by atoms with E-state index in [0.717, 1.165) is 13.0 Å². The Hall–Kier alpha value is -1.12. The zero-order chi connectivity index (χ0) is 13.3. The van der Waals surface area contributed by atoms with E-state index in [0.29, 0.717) is 6.04 Å². The highest BCUT2D eigenvalue weighted by atomic mass is 32.1. The Balaban J connectivity index is 1.77. The van der Waals surface area contributed by atoms with Crippen LogP contribution in [0.3, 0.4) is 0 Å². The SMILES string of the molecule is CCNC(CCCc1ccccc1)Cc1ccsc1. The molecule has 1 N–H and O–H groups in total. The van der Waals surface area contributed by atoms with Gasteiger partial charge >= 0.3 is 0 Å². The maximum atomic E-state index is 3.61. The summed E-state index contributed by atoms with van der Waals surface area (Å²) in [7, 11) is 0. The Morgan fingerprint density at radius 1 is 1.11 bits per heavy atom. The first-order valence-electron chi connectivity index (χ1n) is 7.17. The molecule has 0 fully saturated rings. The molecule has 1 aromatic carbocycles. The first-order valence-corrected chi connectivity index (χ1v) is 8.11. The highest BCUT2D eigenvalue weighted by Crippen LogP contribution is 2.13. The van der Waals surface area contributed by atoms with Crippen molar-refractivity contribution in [1.29, 1.82) is 0 Å². The summed E-state index contributed by atoms with van der Waals surface area (Å²) in [6.45, 7) is 3.25. The Morgan fingerprint density at radius 3 is 2.63 bits per heavy atom. The molecule has 1 heterocycles. The second kappa shape index (κ2) is 8.13. The van der Waals surface area contributed by atoms with Gasteiger partial charge in [-0.3, -0.25) is 0 Å². The van der Waals surface area contributed by atoms with Gasteiger partial charge in [-0.25, -0.2) is 0 Å². The zero-order valence-electron chi connectivity index (χ0n) is 11.6. The van der Waals surface area contributed by atoms with E-state index in [-0.39, 0.29) is 0 Å². The van der Waals surface area contributed by atoms with E-state index in [1.165, 1.54) is 30.4 Å². The van der Waals surface area contributed by atoms with E-state index in [9.17, 15) is 0 Å². The molecule has 2 rings (SSSR count). The first-order chi connectivity index (χ1) is 9.38. The van der Waals surface area contributed by atoms with Gasteiger partial charge in [-0.2, -0.15) is 11.3 Å². The molecule has 0 bridgehead atoms. The van der Waals surface area contributed by atoms with Crippen molar-refractivity contribution < 1.29 is 0 Å². The van der Waals surface area contributed by atoms with Crippen LogP contribution in [-0.2, 0) is 12.8 Å². The number of rotatable bonds is 8. The molecule has 0 aliphatic heterocycles. The molecule has 0 saturated carbocycles. The minimum absolute atomic E-state index is 0.614. The predicted octanol–water partition coefficient (Wildman–Crippen LogP) is 4.29. The normalized spacial score (nSPS) is 12.5. The predicted molar refractivity (Wildman–Crippen MR) is 84.9 cm³/mol. The minimum atomic E-state index is 0.614. The minimum Gasteiger partial charge on any atom is -0.314 e. The molecule has 2 heteroatoms. The van der Waals surface area contributed by atoms with E-state index in [2.05, 4.69) is 59.4 Å². The van der Waals surface area contributed by atoms with Crippen LogP contribution in [0.1, 0.15) is 30.9 Å². The molecule has 0 saturated heterocycles. The Kier molecular flexibility index (Phi) is 6.12. The van der Waals surface area contributed by atoms with Gasteiger partial charge in [0.05, 0.1) is 0 Å². The topological polar surface area (TPSA) is 12.0 Å². The van der Waals surface area contributed by atoms with Crippen LogP contribution in [0, 0.1) is 0 Å². The lowest BCUT2D eigenvalue weighted by atomic mass is 10.0. The van der Waals surface area contributed by atoms with Crippen LogP contribution in [0.5, 0.6) is 0 Å². The van der Waals surface area contributed by atoms with Crippen molar-refractivity contribution in [3.8, 4) is 0 Å². The summed E-state index contributed by atoms with van der Waals surface area (Å²) in [6, 6.07) is 13.6. The van der Waals surface area contributed by atoms with Crippen LogP contribution in [0.25, 0.3) is 0 Å². The molecule has 0 radical (unpaired) electrons. The summed E-state index contributed by atoms with van der Waals surface area (Å²) in [6.07, 6.45) is 4.85. The average molecular weight is 273 g/mol. The standard InChI is InChI=1S/C17H23NS/c1-2-18-17(13-16-11-12-19-14-16)10-6-9-15-7-4-3-5-8-15/h3-5,7-8,11-12,14,17-18H,2,6,9-10,13H2,1H3. The molecule has 0 aliphatic carbocycles. The third kappa shape index (κ3) is 5.17. The van der Waals surface area contributed by atoms with Crippen molar-refractivity contribution in [3.05, 3.63) is 58.3 Å². The molecular weight excluding hydrogens is 250 g/mol. The number of hydrogen-bond donors (Lipinski definition) is 1. The highest BCUT2D eigenvalue weighted by molar-refractivity contribution is 7.07. The lowest BCUT2D eigenvalue weighted by Gasteiger charge is -2.17. The molecule has 0 amide bonds. The number of benzene rings is 1. The number of hydrogen-bond acceptors (Lipinski definition) is 2. The zero-order valence-corrected chi connectivity index (χ0v) is 12.5. The summed E-state index contributed by atoms with van der Waals surface area (Å²) in [4.78, 5) is 0. The molecule has 1 nitrogen and oxygen atoms in total. The highest BCUT2D eigenvalue weighted by Gasteiger charge is 2.08. The van der Waals surface area contributed by atoms with Crippen LogP contribution in [0.15, 0.2) is 47.2 Å². The smallest absolute Gasteiger partial charge is 0.0108 e. The third-order valence-corrected chi connectivity index (χ3v) is 4.15. The summed E-state index contributed by atoms with van der Waals surface area (Å²) in [5.74, 6) is 0. The molecule has 0 spiro atoms. The van der Waals surface area contributed by atoms with Crippen LogP contribution < -0.4 is 5.32 Å². The van der Waals surface area contributed by atoms with E-state index in [4.69, 9.17) is 0 Å². The molecule has 1 atom stereocenters. The van der Waals surface area contributed by atoms with Crippen LogP contribution in [-0.4, -0.2) is 12.6 Å². The molecule has 19 heavy (non-hydrogen) atoms. The number of thiophene rings is 1. The number of nitrogens with one attached hydrogen (secondary N) is 1. The lowest BCUT2D eigenvalue weighted by molar-refractivity contribution is 0.477. The Morgan fingerprint density at radius 2 is 1.95 bits per heavy atom. The van der Waals surface area contributed by atoms with Gasteiger partial charge in [-0.15, -0.1) is 0 Å².